The highest BCUT2D eigenvalue weighted by Crippen LogP contribution is 2.35. The van der Waals surface area contributed by atoms with Gasteiger partial charge in [0.05, 0.1) is 12.0 Å². The van der Waals surface area contributed by atoms with Gasteiger partial charge in [0.1, 0.15) is 0 Å². The van der Waals surface area contributed by atoms with Gasteiger partial charge in [0.25, 0.3) is 0 Å². The summed E-state index contributed by atoms with van der Waals surface area (Å²) in [5, 5.41) is 5.09. The highest BCUT2D eigenvalue weighted by Gasteiger charge is 2.36. The van der Waals surface area contributed by atoms with Crippen LogP contribution < -0.4 is 4.90 Å². The molecule has 1 saturated heterocycles. The fraction of sp³-hybridized carbons (Fsp3) is 0.227. The van der Waals surface area contributed by atoms with Gasteiger partial charge in [0.2, 0.25) is 11.8 Å². The number of H-pyrrole nitrogens is 1. The summed E-state index contributed by atoms with van der Waals surface area (Å²) in [5.74, 6) is 0.192. The maximum atomic E-state index is 13.0. The van der Waals surface area contributed by atoms with Crippen LogP contribution in [0.4, 0.5) is 18.9 Å². The van der Waals surface area contributed by atoms with Gasteiger partial charge in [-0.15, -0.1) is 0 Å². The number of aromatic amines is 1. The van der Waals surface area contributed by atoms with Crippen molar-refractivity contribution in [3.05, 3.63) is 77.6 Å². The fourth-order valence-corrected chi connectivity index (χ4v) is 3.93. The number of nitrogens with one attached hydrogen (secondary N) is 1. The summed E-state index contributed by atoms with van der Waals surface area (Å²) < 4.78 is 44.4. The molecule has 2 aromatic heterocycles. The van der Waals surface area contributed by atoms with Crippen LogP contribution in [-0.2, 0) is 17.4 Å². The van der Waals surface area contributed by atoms with Crippen molar-refractivity contribution in [2.24, 2.45) is 0 Å². The van der Waals surface area contributed by atoms with E-state index in [-0.39, 0.29) is 30.5 Å². The minimum atomic E-state index is -4.47. The first-order valence-corrected chi connectivity index (χ1v) is 9.73. The highest BCUT2D eigenvalue weighted by molar-refractivity contribution is 5.96. The normalized spacial score (nSPS) is 17.1. The van der Waals surface area contributed by atoms with Gasteiger partial charge < -0.3 is 14.4 Å². The zero-order valence-corrected chi connectivity index (χ0v) is 16.2. The number of carbonyl (C=O) groups excluding carboxylic acids is 1. The Hall–Kier alpha value is -3.62. The molecule has 1 amide bonds. The first-order valence-electron chi connectivity index (χ1n) is 9.73. The summed E-state index contributed by atoms with van der Waals surface area (Å²) in [6, 6.07) is 12.6. The van der Waals surface area contributed by atoms with Crippen LogP contribution in [0.2, 0.25) is 0 Å². The van der Waals surface area contributed by atoms with Crippen LogP contribution >= 0.6 is 0 Å². The lowest BCUT2D eigenvalue weighted by Crippen LogP contribution is -2.24. The zero-order valence-electron chi connectivity index (χ0n) is 16.2. The Kier molecular flexibility index (Phi) is 4.53. The van der Waals surface area contributed by atoms with Crippen LogP contribution in [0.5, 0.6) is 0 Å². The van der Waals surface area contributed by atoms with Crippen molar-refractivity contribution in [3.8, 4) is 0 Å². The van der Waals surface area contributed by atoms with E-state index in [0.29, 0.717) is 18.1 Å². The quantitative estimate of drug-likeness (QED) is 0.514. The van der Waals surface area contributed by atoms with Gasteiger partial charge in [0.15, 0.2) is 5.82 Å². The van der Waals surface area contributed by atoms with Crippen molar-refractivity contribution in [1.29, 1.82) is 0 Å². The van der Waals surface area contributed by atoms with Crippen LogP contribution in [0.3, 0.4) is 0 Å². The standard InChI is InChI=1S/C22H17F3N4O2/c23-22(24,25)15-4-3-5-16(10-15)29-12-14(9-20(29)30)21-27-19(31-28-21)8-13-11-26-18-7-2-1-6-17(13)18/h1-7,10-11,14,26H,8-9,12H2. The number of benzene rings is 2. The molecule has 158 valence electrons. The SMILES string of the molecule is O=C1CC(c2noc(Cc3c[nH]c4ccccc34)n2)CN1c1cccc(C(F)(F)F)c1. The summed E-state index contributed by atoms with van der Waals surface area (Å²) in [7, 11) is 0. The van der Waals surface area contributed by atoms with E-state index in [1.165, 1.54) is 17.0 Å². The molecular formula is C22H17F3N4O2. The Morgan fingerprint density at radius 2 is 2.00 bits per heavy atom. The number of halogens is 3. The van der Waals surface area contributed by atoms with E-state index < -0.39 is 11.7 Å². The first kappa shape index (κ1) is 19.3. The molecule has 1 aliphatic rings. The maximum Gasteiger partial charge on any atom is 0.416 e. The lowest BCUT2D eigenvalue weighted by molar-refractivity contribution is -0.137. The predicted molar refractivity (Wildman–Crippen MR) is 107 cm³/mol. The molecule has 5 rings (SSSR count). The molecule has 2 aromatic carbocycles. The van der Waals surface area contributed by atoms with E-state index in [1.54, 1.807) is 0 Å². The Bertz CT molecular complexity index is 1260. The number of rotatable bonds is 4. The number of hydrogen-bond acceptors (Lipinski definition) is 4. The molecular weight excluding hydrogens is 409 g/mol. The summed E-state index contributed by atoms with van der Waals surface area (Å²) in [5.41, 5.74) is 1.45. The lowest BCUT2D eigenvalue weighted by Gasteiger charge is -2.18. The average Bonchev–Trinajstić information content (AvgIpc) is 3.47. The number of anilines is 1. The molecule has 3 heterocycles. The zero-order chi connectivity index (χ0) is 21.6. The molecule has 0 spiro atoms. The number of amides is 1. The van der Waals surface area contributed by atoms with Crippen molar-refractivity contribution >= 4 is 22.5 Å². The Morgan fingerprint density at radius 1 is 1.16 bits per heavy atom. The number of carbonyl (C=O) groups is 1. The minimum absolute atomic E-state index is 0.113. The van der Waals surface area contributed by atoms with Gasteiger partial charge in [-0.3, -0.25) is 4.79 Å². The lowest BCUT2D eigenvalue weighted by atomic mass is 10.1. The maximum absolute atomic E-state index is 13.0. The second kappa shape index (κ2) is 7.26. The summed E-state index contributed by atoms with van der Waals surface area (Å²) >= 11 is 0. The molecule has 1 N–H and O–H groups in total. The predicted octanol–water partition coefficient (Wildman–Crippen LogP) is 4.68. The largest absolute Gasteiger partial charge is 0.416 e. The second-order valence-electron chi connectivity index (χ2n) is 7.54. The van der Waals surface area contributed by atoms with E-state index in [0.717, 1.165) is 28.6 Å². The third-order valence-electron chi connectivity index (χ3n) is 5.48. The smallest absolute Gasteiger partial charge is 0.361 e. The van der Waals surface area contributed by atoms with Crippen LogP contribution in [0.15, 0.2) is 59.3 Å². The third-order valence-corrected chi connectivity index (χ3v) is 5.48. The van der Waals surface area contributed by atoms with Gasteiger partial charge in [-0.1, -0.05) is 29.4 Å². The van der Waals surface area contributed by atoms with Gasteiger partial charge >= 0.3 is 6.18 Å². The Morgan fingerprint density at radius 3 is 2.84 bits per heavy atom. The fourth-order valence-electron chi connectivity index (χ4n) is 3.93. The Balaban J connectivity index is 1.33. The molecule has 1 aliphatic heterocycles. The summed E-state index contributed by atoms with van der Waals surface area (Å²) in [4.78, 5) is 21.5. The van der Waals surface area contributed by atoms with Gasteiger partial charge in [-0.05, 0) is 29.8 Å². The molecule has 1 atom stereocenters. The molecule has 4 aromatic rings. The summed E-state index contributed by atoms with van der Waals surface area (Å²) in [6.07, 6.45) is -2.02. The highest BCUT2D eigenvalue weighted by atomic mass is 19.4. The van der Waals surface area contributed by atoms with Crippen LogP contribution in [0.1, 0.15) is 35.2 Å². The molecule has 0 saturated carbocycles. The van der Waals surface area contributed by atoms with Crippen LogP contribution in [-0.4, -0.2) is 27.6 Å². The van der Waals surface area contributed by atoms with E-state index in [4.69, 9.17) is 4.52 Å². The molecule has 1 unspecified atom stereocenters. The Labute approximate surface area is 174 Å². The van der Waals surface area contributed by atoms with E-state index in [1.807, 2.05) is 30.5 Å². The van der Waals surface area contributed by atoms with Crippen molar-refractivity contribution < 1.29 is 22.5 Å². The van der Waals surface area contributed by atoms with Crippen molar-refractivity contribution in [1.82, 2.24) is 15.1 Å². The molecule has 9 heteroatoms. The number of nitrogens with zero attached hydrogens (tertiary/aromatic N) is 3. The second-order valence-corrected chi connectivity index (χ2v) is 7.54. The number of hydrogen-bond donors (Lipinski definition) is 1. The van der Waals surface area contributed by atoms with Crippen molar-refractivity contribution in [2.75, 3.05) is 11.4 Å². The van der Waals surface area contributed by atoms with E-state index >= 15 is 0 Å². The molecule has 0 radical (unpaired) electrons. The number of alkyl halides is 3. The average molecular weight is 426 g/mol. The van der Waals surface area contributed by atoms with Gasteiger partial charge in [-0.25, -0.2) is 0 Å². The van der Waals surface area contributed by atoms with Crippen LogP contribution in [0.25, 0.3) is 10.9 Å². The molecule has 31 heavy (non-hydrogen) atoms. The third kappa shape index (κ3) is 3.67. The monoisotopic (exact) mass is 426 g/mol. The minimum Gasteiger partial charge on any atom is -0.361 e. The number of aromatic nitrogens is 3. The van der Waals surface area contributed by atoms with E-state index in [9.17, 15) is 18.0 Å². The summed E-state index contributed by atoms with van der Waals surface area (Å²) in [6.45, 7) is 0.201. The van der Waals surface area contributed by atoms with E-state index in [2.05, 4.69) is 15.1 Å². The van der Waals surface area contributed by atoms with Gasteiger partial charge in [0, 0.05) is 41.7 Å². The molecule has 0 bridgehead atoms. The topological polar surface area (TPSA) is 75.0 Å². The number of para-hydroxylation sites is 1. The first-order chi connectivity index (χ1) is 14.9. The van der Waals surface area contributed by atoms with Crippen molar-refractivity contribution in [3.63, 3.8) is 0 Å². The van der Waals surface area contributed by atoms with Crippen molar-refractivity contribution in [2.45, 2.75) is 24.9 Å². The number of fused-ring (bicyclic) bond motifs is 1. The molecule has 6 nitrogen and oxygen atoms in total. The van der Waals surface area contributed by atoms with Gasteiger partial charge in [-0.2, -0.15) is 18.2 Å². The molecule has 1 fully saturated rings. The van der Waals surface area contributed by atoms with Crippen LogP contribution in [0, 0.1) is 0 Å². The molecule has 0 aliphatic carbocycles.